The summed E-state index contributed by atoms with van der Waals surface area (Å²) >= 11 is 0. The first-order valence-corrected chi connectivity index (χ1v) is 8.58. The average Bonchev–Trinajstić information content (AvgIpc) is 2.81. The molecule has 2 aromatic rings. The van der Waals surface area contributed by atoms with E-state index in [2.05, 4.69) is 10.4 Å². The Bertz CT molecular complexity index is 722. The SMILES string of the molecule is CCN(CC(=O)Nc1c(C)nn(C)c1C)C[C@@H](O)c1ccc(C)cc1. The summed E-state index contributed by atoms with van der Waals surface area (Å²) in [6.07, 6.45) is -0.616. The standard InChI is InChI=1S/C19H28N4O2/c1-6-23(11-17(24)16-9-7-13(2)8-10-16)12-18(25)20-19-14(3)21-22(5)15(19)4/h7-10,17,24H,6,11-12H2,1-5H3,(H,20,25)/t17-/m1/s1. The zero-order valence-electron chi connectivity index (χ0n) is 15.7. The Morgan fingerprint density at radius 3 is 2.44 bits per heavy atom. The van der Waals surface area contributed by atoms with E-state index in [-0.39, 0.29) is 12.5 Å². The fourth-order valence-corrected chi connectivity index (χ4v) is 2.78. The van der Waals surface area contributed by atoms with Crippen LogP contribution in [-0.4, -0.2) is 45.3 Å². The quantitative estimate of drug-likeness (QED) is 0.809. The molecular formula is C19H28N4O2. The predicted molar refractivity (Wildman–Crippen MR) is 99.6 cm³/mol. The number of nitrogens with one attached hydrogen (secondary N) is 1. The summed E-state index contributed by atoms with van der Waals surface area (Å²) in [4.78, 5) is 14.3. The van der Waals surface area contributed by atoms with Gasteiger partial charge < -0.3 is 10.4 Å². The summed E-state index contributed by atoms with van der Waals surface area (Å²) in [6, 6.07) is 7.82. The second kappa shape index (κ2) is 8.27. The Balaban J connectivity index is 1.96. The largest absolute Gasteiger partial charge is 0.387 e. The van der Waals surface area contributed by atoms with Crippen LogP contribution in [0.1, 0.15) is 35.5 Å². The highest BCUT2D eigenvalue weighted by molar-refractivity contribution is 5.93. The van der Waals surface area contributed by atoms with Gasteiger partial charge in [-0.25, -0.2) is 0 Å². The van der Waals surface area contributed by atoms with Crippen LogP contribution >= 0.6 is 0 Å². The van der Waals surface area contributed by atoms with Gasteiger partial charge in [-0.15, -0.1) is 0 Å². The summed E-state index contributed by atoms with van der Waals surface area (Å²) in [5.41, 5.74) is 4.51. The summed E-state index contributed by atoms with van der Waals surface area (Å²) in [6.45, 7) is 9.12. The number of aromatic nitrogens is 2. The Labute approximate surface area is 149 Å². The summed E-state index contributed by atoms with van der Waals surface area (Å²) in [7, 11) is 1.86. The van der Waals surface area contributed by atoms with Crippen molar-refractivity contribution >= 4 is 11.6 Å². The molecule has 0 saturated carbocycles. The zero-order chi connectivity index (χ0) is 18.6. The number of aliphatic hydroxyl groups is 1. The summed E-state index contributed by atoms with van der Waals surface area (Å²) in [5, 5.41) is 17.7. The van der Waals surface area contributed by atoms with Gasteiger partial charge in [0.25, 0.3) is 0 Å². The number of amides is 1. The van der Waals surface area contributed by atoms with E-state index in [1.54, 1.807) is 4.68 Å². The average molecular weight is 344 g/mol. The Morgan fingerprint density at radius 2 is 1.92 bits per heavy atom. The molecular weight excluding hydrogens is 316 g/mol. The number of nitrogens with zero attached hydrogens (tertiary/aromatic N) is 3. The van der Waals surface area contributed by atoms with Gasteiger partial charge in [0.1, 0.15) is 0 Å². The van der Waals surface area contributed by atoms with E-state index in [0.29, 0.717) is 13.1 Å². The minimum atomic E-state index is -0.616. The summed E-state index contributed by atoms with van der Waals surface area (Å²) in [5.74, 6) is -0.0999. The number of likely N-dealkylation sites (N-methyl/N-ethyl adjacent to an activating group) is 1. The molecule has 1 heterocycles. The maximum atomic E-state index is 12.4. The first kappa shape index (κ1) is 19.1. The molecule has 1 aromatic heterocycles. The highest BCUT2D eigenvalue weighted by Gasteiger charge is 2.17. The topological polar surface area (TPSA) is 70.4 Å². The molecule has 1 aromatic carbocycles. The van der Waals surface area contributed by atoms with Crippen molar-refractivity contribution in [3.05, 3.63) is 46.8 Å². The van der Waals surface area contributed by atoms with Gasteiger partial charge in [-0.3, -0.25) is 14.4 Å². The minimum absolute atomic E-state index is 0.0999. The van der Waals surface area contributed by atoms with Crippen LogP contribution in [0.15, 0.2) is 24.3 Å². The van der Waals surface area contributed by atoms with Gasteiger partial charge in [0.15, 0.2) is 0 Å². The van der Waals surface area contributed by atoms with Crippen LogP contribution < -0.4 is 5.32 Å². The monoisotopic (exact) mass is 344 g/mol. The van der Waals surface area contributed by atoms with Crippen molar-refractivity contribution < 1.29 is 9.90 Å². The molecule has 2 rings (SSSR count). The molecule has 1 atom stereocenters. The molecule has 6 heteroatoms. The molecule has 0 fully saturated rings. The van der Waals surface area contributed by atoms with E-state index in [9.17, 15) is 9.90 Å². The number of anilines is 1. The number of carbonyl (C=O) groups is 1. The lowest BCUT2D eigenvalue weighted by Gasteiger charge is -2.23. The third-order valence-corrected chi connectivity index (χ3v) is 4.48. The molecule has 0 bridgehead atoms. The lowest BCUT2D eigenvalue weighted by atomic mass is 10.1. The maximum Gasteiger partial charge on any atom is 0.238 e. The number of carbonyl (C=O) groups excluding carboxylic acids is 1. The van der Waals surface area contributed by atoms with Crippen molar-refractivity contribution in [3.63, 3.8) is 0 Å². The highest BCUT2D eigenvalue weighted by Crippen LogP contribution is 2.19. The second-order valence-electron chi connectivity index (χ2n) is 6.47. The normalized spacial score (nSPS) is 12.4. The molecule has 0 saturated heterocycles. The molecule has 0 aliphatic rings. The van der Waals surface area contributed by atoms with Crippen LogP contribution in [0.2, 0.25) is 0 Å². The van der Waals surface area contributed by atoms with E-state index in [4.69, 9.17) is 0 Å². The highest BCUT2D eigenvalue weighted by atomic mass is 16.3. The molecule has 0 aliphatic carbocycles. The molecule has 2 N–H and O–H groups in total. The summed E-state index contributed by atoms with van der Waals surface area (Å²) < 4.78 is 1.75. The van der Waals surface area contributed by atoms with Gasteiger partial charge in [0, 0.05) is 13.6 Å². The fourth-order valence-electron chi connectivity index (χ4n) is 2.78. The van der Waals surface area contributed by atoms with Crippen LogP contribution in [0.3, 0.4) is 0 Å². The minimum Gasteiger partial charge on any atom is -0.387 e. The number of aliphatic hydroxyl groups excluding tert-OH is 1. The van der Waals surface area contributed by atoms with E-state index < -0.39 is 6.10 Å². The van der Waals surface area contributed by atoms with E-state index in [0.717, 1.165) is 28.2 Å². The maximum absolute atomic E-state index is 12.4. The number of aryl methyl sites for hydroxylation is 3. The van der Waals surface area contributed by atoms with Crippen LogP contribution in [0.25, 0.3) is 0 Å². The van der Waals surface area contributed by atoms with Gasteiger partial charge in [-0.2, -0.15) is 5.10 Å². The fraction of sp³-hybridized carbons (Fsp3) is 0.474. The van der Waals surface area contributed by atoms with Crippen molar-refractivity contribution in [2.45, 2.75) is 33.8 Å². The van der Waals surface area contributed by atoms with Crippen LogP contribution in [0.5, 0.6) is 0 Å². The molecule has 25 heavy (non-hydrogen) atoms. The Morgan fingerprint density at radius 1 is 1.28 bits per heavy atom. The van der Waals surface area contributed by atoms with Crippen LogP contribution in [0, 0.1) is 20.8 Å². The van der Waals surface area contributed by atoms with Crippen LogP contribution in [0.4, 0.5) is 5.69 Å². The number of rotatable bonds is 7. The lowest BCUT2D eigenvalue weighted by molar-refractivity contribution is -0.117. The molecule has 0 spiro atoms. The van der Waals surface area contributed by atoms with E-state index >= 15 is 0 Å². The molecule has 0 aliphatic heterocycles. The molecule has 136 valence electrons. The lowest BCUT2D eigenvalue weighted by Crippen LogP contribution is -2.36. The van der Waals surface area contributed by atoms with Gasteiger partial charge in [-0.1, -0.05) is 36.8 Å². The number of benzene rings is 1. The van der Waals surface area contributed by atoms with Crippen LogP contribution in [-0.2, 0) is 11.8 Å². The van der Waals surface area contributed by atoms with Crippen molar-refractivity contribution in [3.8, 4) is 0 Å². The third kappa shape index (κ3) is 4.90. The van der Waals surface area contributed by atoms with Gasteiger partial charge in [0.05, 0.1) is 29.7 Å². The smallest absolute Gasteiger partial charge is 0.238 e. The van der Waals surface area contributed by atoms with Crippen molar-refractivity contribution in [2.24, 2.45) is 7.05 Å². The Kier molecular flexibility index (Phi) is 6.33. The van der Waals surface area contributed by atoms with Gasteiger partial charge in [-0.05, 0) is 32.9 Å². The third-order valence-electron chi connectivity index (χ3n) is 4.48. The molecule has 1 amide bonds. The second-order valence-corrected chi connectivity index (χ2v) is 6.47. The molecule has 0 unspecified atom stereocenters. The van der Waals surface area contributed by atoms with E-state index in [1.807, 2.05) is 63.9 Å². The number of hydrogen-bond donors (Lipinski definition) is 2. The predicted octanol–water partition coefficient (Wildman–Crippen LogP) is 2.34. The van der Waals surface area contributed by atoms with Gasteiger partial charge >= 0.3 is 0 Å². The number of hydrogen-bond acceptors (Lipinski definition) is 4. The van der Waals surface area contributed by atoms with Gasteiger partial charge in [0.2, 0.25) is 5.91 Å². The first-order valence-electron chi connectivity index (χ1n) is 8.58. The zero-order valence-corrected chi connectivity index (χ0v) is 15.7. The molecule has 6 nitrogen and oxygen atoms in total. The van der Waals surface area contributed by atoms with Crippen molar-refractivity contribution in [2.75, 3.05) is 25.0 Å². The van der Waals surface area contributed by atoms with E-state index in [1.165, 1.54) is 0 Å². The van der Waals surface area contributed by atoms with Crippen molar-refractivity contribution in [1.82, 2.24) is 14.7 Å². The van der Waals surface area contributed by atoms with Crippen molar-refractivity contribution in [1.29, 1.82) is 0 Å². The first-order chi connectivity index (χ1) is 11.8. The molecule has 0 radical (unpaired) electrons. The Hall–Kier alpha value is -2.18.